The van der Waals surface area contributed by atoms with Crippen molar-refractivity contribution in [1.82, 2.24) is 24.4 Å². The predicted octanol–water partition coefficient (Wildman–Crippen LogP) is 1.73. The summed E-state index contributed by atoms with van der Waals surface area (Å²) in [5.41, 5.74) is 0.264. The van der Waals surface area contributed by atoms with E-state index in [0.29, 0.717) is 12.4 Å². The smallest absolute Gasteiger partial charge is 0.251 e. The lowest BCUT2D eigenvalue weighted by Gasteiger charge is -2.32. The Labute approximate surface area is 176 Å². The first-order chi connectivity index (χ1) is 14.4. The average molecular weight is 434 g/mol. The third kappa shape index (κ3) is 3.81. The Kier molecular flexibility index (Phi) is 5.79. The van der Waals surface area contributed by atoms with Crippen LogP contribution < -0.4 is 10.1 Å². The molecular weight excluding hydrogens is 406 g/mol. The molecule has 0 radical (unpaired) electrons. The van der Waals surface area contributed by atoms with Gasteiger partial charge in [-0.2, -0.15) is 4.31 Å². The number of methoxy groups -OCH3 is 1. The minimum Gasteiger partial charge on any atom is -0.495 e. The highest BCUT2D eigenvalue weighted by molar-refractivity contribution is 7.89. The van der Waals surface area contributed by atoms with Crippen LogP contribution in [0.1, 0.15) is 54.6 Å². The van der Waals surface area contributed by atoms with Gasteiger partial charge in [0, 0.05) is 31.1 Å². The van der Waals surface area contributed by atoms with Crippen molar-refractivity contribution in [2.45, 2.75) is 63.1 Å². The van der Waals surface area contributed by atoms with Gasteiger partial charge >= 0.3 is 0 Å². The lowest BCUT2D eigenvalue weighted by atomic mass is 10.1. The number of carbonyl (C=O) groups is 1. The third-order valence-electron chi connectivity index (χ3n) is 5.85. The standard InChI is InChI=1S/C20H27N5O4S/c1-14-6-3-4-11-25(14)30(27,28)17-12-15(8-9-16(17)29-2)20(26)21-13-19-23-22-18-7-5-10-24(18)19/h8-9,12,14H,3-7,10-11,13H2,1-2H3,(H,21,26). The van der Waals surface area contributed by atoms with E-state index in [2.05, 4.69) is 15.5 Å². The molecule has 1 unspecified atom stereocenters. The van der Waals surface area contributed by atoms with Crippen LogP contribution in [-0.2, 0) is 29.5 Å². The first-order valence-electron chi connectivity index (χ1n) is 10.3. The van der Waals surface area contributed by atoms with Crippen molar-refractivity contribution >= 4 is 15.9 Å². The van der Waals surface area contributed by atoms with E-state index in [0.717, 1.165) is 44.5 Å². The van der Waals surface area contributed by atoms with E-state index in [4.69, 9.17) is 4.74 Å². The maximum Gasteiger partial charge on any atom is 0.251 e. The van der Waals surface area contributed by atoms with E-state index in [1.54, 1.807) is 6.07 Å². The van der Waals surface area contributed by atoms with E-state index >= 15 is 0 Å². The van der Waals surface area contributed by atoms with Gasteiger partial charge in [0.2, 0.25) is 10.0 Å². The molecule has 1 aromatic heterocycles. The van der Waals surface area contributed by atoms with Crippen molar-refractivity contribution in [2.24, 2.45) is 0 Å². The SMILES string of the molecule is COc1ccc(C(=O)NCc2nnc3n2CCC3)cc1S(=O)(=O)N1CCCCC1C. The molecule has 2 aliphatic heterocycles. The van der Waals surface area contributed by atoms with Gasteiger partial charge in [0.1, 0.15) is 16.5 Å². The van der Waals surface area contributed by atoms with E-state index in [9.17, 15) is 13.2 Å². The lowest BCUT2D eigenvalue weighted by molar-refractivity contribution is 0.0949. The second-order valence-electron chi connectivity index (χ2n) is 7.80. The van der Waals surface area contributed by atoms with Crippen molar-refractivity contribution in [3.8, 4) is 5.75 Å². The lowest BCUT2D eigenvalue weighted by Crippen LogP contribution is -2.42. The fourth-order valence-corrected chi connectivity index (χ4v) is 6.06. The van der Waals surface area contributed by atoms with Gasteiger partial charge in [0.05, 0.1) is 13.7 Å². The van der Waals surface area contributed by atoms with Crippen LogP contribution in [0, 0.1) is 0 Å². The molecule has 0 aliphatic carbocycles. The average Bonchev–Trinajstić information content (AvgIpc) is 3.36. The molecule has 10 heteroatoms. The molecule has 0 bridgehead atoms. The summed E-state index contributed by atoms with van der Waals surface area (Å²) in [5, 5.41) is 11.1. The van der Waals surface area contributed by atoms with Gasteiger partial charge in [-0.15, -0.1) is 10.2 Å². The number of ether oxygens (including phenoxy) is 1. The number of aryl methyl sites for hydroxylation is 1. The Morgan fingerprint density at radius 1 is 1.23 bits per heavy atom. The molecule has 162 valence electrons. The number of hydrogen-bond acceptors (Lipinski definition) is 6. The molecule has 1 N–H and O–H groups in total. The molecule has 30 heavy (non-hydrogen) atoms. The van der Waals surface area contributed by atoms with Gasteiger partial charge in [0.25, 0.3) is 5.91 Å². The number of nitrogens with zero attached hydrogens (tertiary/aromatic N) is 4. The van der Waals surface area contributed by atoms with Crippen LogP contribution in [0.3, 0.4) is 0 Å². The number of benzene rings is 1. The normalized spacial score (nSPS) is 19.5. The minimum atomic E-state index is -3.77. The molecule has 1 amide bonds. The van der Waals surface area contributed by atoms with E-state index in [1.165, 1.54) is 23.5 Å². The summed E-state index contributed by atoms with van der Waals surface area (Å²) >= 11 is 0. The highest BCUT2D eigenvalue weighted by atomic mass is 32.2. The fraction of sp³-hybridized carbons (Fsp3) is 0.550. The maximum absolute atomic E-state index is 13.3. The molecule has 2 aliphatic rings. The van der Waals surface area contributed by atoms with Crippen LogP contribution in [0.2, 0.25) is 0 Å². The summed E-state index contributed by atoms with van der Waals surface area (Å²) in [6.45, 7) is 3.48. The first-order valence-corrected chi connectivity index (χ1v) is 11.7. The third-order valence-corrected chi connectivity index (χ3v) is 7.88. The number of nitrogens with one attached hydrogen (secondary N) is 1. The van der Waals surface area contributed by atoms with Gasteiger partial charge < -0.3 is 14.6 Å². The van der Waals surface area contributed by atoms with Gasteiger partial charge in [-0.1, -0.05) is 6.42 Å². The Morgan fingerprint density at radius 2 is 2.07 bits per heavy atom. The first kappa shape index (κ1) is 20.8. The highest BCUT2D eigenvalue weighted by Crippen LogP contribution is 2.31. The summed E-state index contributed by atoms with van der Waals surface area (Å²) in [7, 11) is -2.34. The Hall–Kier alpha value is -2.46. The molecule has 1 atom stereocenters. The summed E-state index contributed by atoms with van der Waals surface area (Å²) in [6.07, 6.45) is 4.59. The van der Waals surface area contributed by atoms with Crippen LogP contribution in [-0.4, -0.2) is 53.1 Å². The van der Waals surface area contributed by atoms with Crippen molar-refractivity contribution in [1.29, 1.82) is 0 Å². The summed E-state index contributed by atoms with van der Waals surface area (Å²) in [4.78, 5) is 12.8. The molecule has 1 aromatic carbocycles. The maximum atomic E-state index is 13.3. The number of piperidine rings is 1. The van der Waals surface area contributed by atoms with Gasteiger partial charge in [-0.25, -0.2) is 8.42 Å². The van der Waals surface area contributed by atoms with Crippen molar-refractivity contribution in [3.63, 3.8) is 0 Å². The van der Waals surface area contributed by atoms with Crippen LogP contribution in [0.25, 0.3) is 0 Å². The van der Waals surface area contributed by atoms with Crippen LogP contribution in [0.4, 0.5) is 0 Å². The van der Waals surface area contributed by atoms with Gasteiger partial charge in [-0.05, 0) is 44.4 Å². The van der Waals surface area contributed by atoms with Gasteiger partial charge in [0.15, 0.2) is 5.82 Å². The Morgan fingerprint density at radius 3 is 2.83 bits per heavy atom. The molecule has 2 aromatic rings. The Bertz CT molecular complexity index is 1050. The summed E-state index contributed by atoms with van der Waals surface area (Å²) in [5.74, 6) is 1.52. The zero-order valence-corrected chi connectivity index (χ0v) is 18.1. The van der Waals surface area contributed by atoms with Crippen LogP contribution >= 0.6 is 0 Å². The van der Waals surface area contributed by atoms with E-state index in [-0.39, 0.29) is 34.7 Å². The quantitative estimate of drug-likeness (QED) is 0.744. The number of fused-ring (bicyclic) bond motifs is 1. The predicted molar refractivity (Wildman–Crippen MR) is 110 cm³/mol. The van der Waals surface area contributed by atoms with E-state index in [1.807, 2.05) is 11.5 Å². The zero-order chi connectivity index (χ0) is 21.3. The fourth-order valence-electron chi connectivity index (χ4n) is 4.18. The number of carbonyl (C=O) groups excluding carboxylic acids is 1. The molecule has 1 saturated heterocycles. The molecule has 9 nitrogen and oxygen atoms in total. The monoisotopic (exact) mass is 433 g/mol. The summed E-state index contributed by atoms with van der Waals surface area (Å²) < 4.78 is 35.5. The second kappa shape index (κ2) is 8.35. The molecular formula is C20H27N5O4S. The van der Waals surface area contributed by atoms with Crippen molar-refractivity contribution in [2.75, 3.05) is 13.7 Å². The van der Waals surface area contributed by atoms with Crippen molar-refractivity contribution < 1.29 is 17.9 Å². The van der Waals surface area contributed by atoms with Crippen molar-refractivity contribution in [3.05, 3.63) is 35.4 Å². The number of sulfonamides is 1. The highest BCUT2D eigenvalue weighted by Gasteiger charge is 2.33. The van der Waals surface area contributed by atoms with Crippen LogP contribution in [0.15, 0.2) is 23.1 Å². The molecule has 0 spiro atoms. The van der Waals surface area contributed by atoms with E-state index < -0.39 is 10.0 Å². The minimum absolute atomic E-state index is 0.0229. The number of amides is 1. The number of hydrogen-bond donors (Lipinski definition) is 1. The second-order valence-corrected chi connectivity index (χ2v) is 9.66. The van der Waals surface area contributed by atoms with Crippen LogP contribution in [0.5, 0.6) is 5.75 Å². The number of rotatable bonds is 6. The topological polar surface area (TPSA) is 106 Å². The van der Waals surface area contributed by atoms with Gasteiger partial charge in [-0.3, -0.25) is 4.79 Å². The number of aromatic nitrogens is 3. The molecule has 0 saturated carbocycles. The largest absolute Gasteiger partial charge is 0.495 e. The summed E-state index contributed by atoms with van der Waals surface area (Å²) in [6, 6.07) is 4.42. The Balaban J connectivity index is 1.56. The molecule has 3 heterocycles. The molecule has 4 rings (SSSR count). The molecule has 1 fully saturated rings. The zero-order valence-electron chi connectivity index (χ0n) is 17.3.